The molecule has 0 aliphatic heterocycles. The molecule has 0 unspecified atom stereocenters. The summed E-state index contributed by atoms with van der Waals surface area (Å²) in [5, 5.41) is 3.06. The lowest BCUT2D eigenvalue weighted by atomic mass is 10.1. The first-order valence-electron chi connectivity index (χ1n) is 11.9. The van der Waals surface area contributed by atoms with E-state index in [1.54, 1.807) is 31.2 Å². The van der Waals surface area contributed by atoms with Gasteiger partial charge >= 0.3 is 0 Å². The molecular weight excluding hydrogens is 466 g/mol. The number of ether oxygens (including phenoxy) is 1. The monoisotopic (exact) mass is 501 g/mol. The van der Waals surface area contributed by atoms with E-state index >= 15 is 0 Å². The Morgan fingerprint density at radius 1 is 1.09 bits per heavy atom. The quantitative estimate of drug-likeness (QED) is 0.539. The molecule has 1 aliphatic carbocycles. The molecule has 9 heteroatoms. The predicted octanol–water partition coefficient (Wildman–Crippen LogP) is 3.25. The van der Waals surface area contributed by atoms with E-state index in [2.05, 4.69) is 5.32 Å². The number of hydrogen-bond donors (Lipinski definition) is 1. The fourth-order valence-electron chi connectivity index (χ4n) is 4.38. The fourth-order valence-corrected chi connectivity index (χ4v) is 5.23. The van der Waals surface area contributed by atoms with Crippen LogP contribution in [0, 0.1) is 6.92 Å². The number of methoxy groups -OCH3 is 1. The number of carbonyl (C=O) groups excluding carboxylic acids is 2. The summed E-state index contributed by atoms with van der Waals surface area (Å²) in [4.78, 5) is 28.2. The summed E-state index contributed by atoms with van der Waals surface area (Å²) >= 11 is 0. The summed E-state index contributed by atoms with van der Waals surface area (Å²) in [7, 11) is -2.37. The van der Waals surface area contributed by atoms with Crippen LogP contribution in [0.2, 0.25) is 0 Å². The maximum Gasteiger partial charge on any atom is 0.244 e. The van der Waals surface area contributed by atoms with Gasteiger partial charge in [0.25, 0.3) is 0 Å². The number of sulfonamides is 1. The number of carbonyl (C=O) groups is 2. The molecule has 0 spiro atoms. The molecule has 0 bridgehead atoms. The SMILES string of the molecule is COc1ccccc1N(CC(=O)N(Cc1ccccc1C)[C@@H](C)C(=O)NC1CCCC1)S(C)(=O)=O. The molecule has 1 aliphatic rings. The average Bonchev–Trinajstić information content (AvgIpc) is 3.33. The number of aryl methyl sites for hydroxylation is 1. The number of anilines is 1. The molecule has 0 aromatic heterocycles. The second kappa shape index (κ2) is 11.6. The third kappa shape index (κ3) is 6.75. The molecule has 2 amide bonds. The Hall–Kier alpha value is -3.07. The van der Waals surface area contributed by atoms with Crippen LogP contribution >= 0.6 is 0 Å². The van der Waals surface area contributed by atoms with E-state index in [0.717, 1.165) is 47.4 Å². The Bertz CT molecular complexity index is 1150. The van der Waals surface area contributed by atoms with Crippen LogP contribution in [0.1, 0.15) is 43.7 Å². The number of nitrogens with one attached hydrogen (secondary N) is 1. The molecule has 190 valence electrons. The van der Waals surface area contributed by atoms with Gasteiger partial charge in [-0.25, -0.2) is 8.42 Å². The first-order chi connectivity index (χ1) is 16.6. The van der Waals surface area contributed by atoms with Gasteiger partial charge in [0.1, 0.15) is 18.3 Å². The van der Waals surface area contributed by atoms with E-state index in [1.807, 2.05) is 31.2 Å². The highest BCUT2D eigenvalue weighted by Crippen LogP contribution is 2.29. The average molecular weight is 502 g/mol. The molecule has 3 rings (SSSR count). The van der Waals surface area contributed by atoms with Crippen molar-refractivity contribution in [2.24, 2.45) is 0 Å². The van der Waals surface area contributed by atoms with Crippen molar-refractivity contribution in [2.75, 3.05) is 24.2 Å². The van der Waals surface area contributed by atoms with Crippen LogP contribution in [0.3, 0.4) is 0 Å². The van der Waals surface area contributed by atoms with E-state index in [0.29, 0.717) is 5.75 Å². The van der Waals surface area contributed by atoms with Crippen LogP contribution < -0.4 is 14.4 Å². The molecule has 35 heavy (non-hydrogen) atoms. The lowest BCUT2D eigenvalue weighted by molar-refractivity contribution is -0.139. The van der Waals surface area contributed by atoms with Crippen LogP contribution in [0.5, 0.6) is 5.75 Å². The summed E-state index contributed by atoms with van der Waals surface area (Å²) in [6.45, 7) is 3.37. The minimum Gasteiger partial charge on any atom is -0.495 e. The Balaban J connectivity index is 1.91. The molecule has 0 heterocycles. The van der Waals surface area contributed by atoms with Gasteiger partial charge in [-0.3, -0.25) is 13.9 Å². The molecular formula is C26H35N3O5S. The molecule has 0 saturated heterocycles. The van der Waals surface area contributed by atoms with E-state index in [-0.39, 0.29) is 24.2 Å². The topological polar surface area (TPSA) is 96.0 Å². The highest BCUT2D eigenvalue weighted by atomic mass is 32.2. The van der Waals surface area contributed by atoms with Crippen LogP contribution in [-0.2, 0) is 26.2 Å². The van der Waals surface area contributed by atoms with Crippen molar-refractivity contribution in [3.63, 3.8) is 0 Å². The molecule has 8 nitrogen and oxygen atoms in total. The van der Waals surface area contributed by atoms with Crippen molar-refractivity contribution in [3.8, 4) is 5.75 Å². The zero-order valence-corrected chi connectivity index (χ0v) is 21.7. The lowest BCUT2D eigenvalue weighted by Gasteiger charge is -2.32. The molecule has 2 aromatic rings. The number of benzene rings is 2. The number of para-hydroxylation sites is 2. The van der Waals surface area contributed by atoms with Crippen LogP contribution in [0.15, 0.2) is 48.5 Å². The van der Waals surface area contributed by atoms with Gasteiger partial charge in [0.15, 0.2) is 0 Å². The number of nitrogens with zero attached hydrogens (tertiary/aromatic N) is 2. The summed E-state index contributed by atoms with van der Waals surface area (Å²) in [6.07, 6.45) is 5.06. The lowest BCUT2D eigenvalue weighted by Crippen LogP contribution is -2.52. The van der Waals surface area contributed by atoms with Gasteiger partial charge in [0.05, 0.1) is 19.1 Å². The zero-order chi connectivity index (χ0) is 25.6. The Labute approximate surface area is 208 Å². The normalized spacial score (nSPS) is 14.9. The molecule has 1 N–H and O–H groups in total. The van der Waals surface area contributed by atoms with Crippen LogP contribution in [0.4, 0.5) is 5.69 Å². The van der Waals surface area contributed by atoms with Gasteiger partial charge in [-0.2, -0.15) is 0 Å². The van der Waals surface area contributed by atoms with Crippen molar-refractivity contribution < 1.29 is 22.7 Å². The van der Waals surface area contributed by atoms with Crippen molar-refractivity contribution in [1.29, 1.82) is 0 Å². The Kier molecular flexibility index (Phi) is 8.77. The fraction of sp³-hybridized carbons (Fsp3) is 0.462. The number of amides is 2. The first-order valence-corrected chi connectivity index (χ1v) is 13.7. The van der Waals surface area contributed by atoms with Gasteiger partial charge in [-0.05, 0) is 49.9 Å². The van der Waals surface area contributed by atoms with E-state index < -0.39 is 28.5 Å². The van der Waals surface area contributed by atoms with Gasteiger partial charge in [0, 0.05) is 12.6 Å². The van der Waals surface area contributed by atoms with Crippen LogP contribution in [-0.4, -0.2) is 57.1 Å². The number of hydrogen-bond acceptors (Lipinski definition) is 5. The summed E-state index contributed by atoms with van der Waals surface area (Å²) in [5.41, 5.74) is 2.15. The standard InChI is InChI=1S/C26H35N3O5S/c1-19-11-5-6-12-21(19)17-28(20(2)26(31)27-22-13-7-8-14-22)25(30)18-29(35(4,32)33)23-15-9-10-16-24(23)34-3/h5-6,9-12,15-16,20,22H,7-8,13-14,17-18H2,1-4H3,(H,27,31)/t20-/m0/s1. The van der Waals surface area contributed by atoms with Crippen molar-refractivity contribution >= 4 is 27.5 Å². The Morgan fingerprint density at radius 2 is 1.71 bits per heavy atom. The minimum absolute atomic E-state index is 0.112. The summed E-state index contributed by atoms with van der Waals surface area (Å²) < 4.78 is 31.8. The largest absolute Gasteiger partial charge is 0.495 e. The Morgan fingerprint density at radius 3 is 2.34 bits per heavy atom. The summed E-state index contributed by atoms with van der Waals surface area (Å²) in [5.74, 6) is -0.371. The van der Waals surface area contributed by atoms with E-state index in [4.69, 9.17) is 4.74 Å². The highest BCUT2D eigenvalue weighted by molar-refractivity contribution is 7.92. The first kappa shape index (κ1) is 26.5. The van der Waals surface area contributed by atoms with Gasteiger partial charge < -0.3 is 15.0 Å². The second-order valence-electron chi connectivity index (χ2n) is 9.06. The molecule has 1 saturated carbocycles. The van der Waals surface area contributed by atoms with Gasteiger partial charge in [-0.1, -0.05) is 49.2 Å². The second-order valence-corrected chi connectivity index (χ2v) is 11.0. The van der Waals surface area contributed by atoms with E-state index in [9.17, 15) is 18.0 Å². The molecule has 1 fully saturated rings. The van der Waals surface area contributed by atoms with Crippen LogP contribution in [0.25, 0.3) is 0 Å². The molecule has 2 aromatic carbocycles. The van der Waals surface area contributed by atoms with Gasteiger partial charge in [-0.15, -0.1) is 0 Å². The molecule has 0 radical (unpaired) electrons. The number of rotatable bonds is 10. The third-order valence-electron chi connectivity index (χ3n) is 6.50. The van der Waals surface area contributed by atoms with Crippen molar-refractivity contribution in [2.45, 2.75) is 58.2 Å². The van der Waals surface area contributed by atoms with E-state index in [1.165, 1.54) is 12.0 Å². The minimum atomic E-state index is -3.82. The van der Waals surface area contributed by atoms with Crippen molar-refractivity contribution in [3.05, 3.63) is 59.7 Å². The maximum atomic E-state index is 13.7. The van der Waals surface area contributed by atoms with Gasteiger partial charge in [0.2, 0.25) is 21.8 Å². The zero-order valence-electron chi connectivity index (χ0n) is 20.9. The smallest absolute Gasteiger partial charge is 0.244 e. The maximum absolute atomic E-state index is 13.7. The third-order valence-corrected chi connectivity index (χ3v) is 7.63. The van der Waals surface area contributed by atoms with Crippen molar-refractivity contribution in [1.82, 2.24) is 10.2 Å². The highest BCUT2D eigenvalue weighted by Gasteiger charge is 2.32. The summed E-state index contributed by atoms with van der Waals surface area (Å²) in [6, 6.07) is 13.6. The molecule has 1 atom stereocenters. The predicted molar refractivity (Wildman–Crippen MR) is 137 cm³/mol.